The molecule has 1 aliphatic rings. The second-order valence-corrected chi connectivity index (χ2v) is 17.0. The van der Waals surface area contributed by atoms with Gasteiger partial charge in [0.2, 0.25) is 53.2 Å². The first-order chi connectivity index (χ1) is 32.5. The van der Waals surface area contributed by atoms with Gasteiger partial charge in [0.15, 0.2) is 5.92 Å². The third-order valence-electron chi connectivity index (χ3n) is 10.3. The molecule has 25 nitrogen and oxygen atoms in total. The highest BCUT2D eigenvalue weighted by Gasteiger charge is 2.40. The lowest BCUT2D eigenvalue weighted by Crippen LogP contribution is -2.61. The first-order valence-corrected chi connectivity index (χ1v) is 22.5. The van der Waals surface area contributed by atoms with Crippen LogP contribution in [0.3, 0.4) is 0 Å². The second-order valence-electron chi connectivity index (χ2n) is 17.0. The van der Waals surface area contributed by atoms with Crippen molar-refractivity contribution in [1.82, 2.24) is 42.5 Å². The molecule has 0 radical (unpaired) electrons. The third-order valence-corrected chi connectivity index (χ3v) is 10.3. The zero-order valence-corrected chi connectivity index (χ0v) is 39.4. The van der Waals surface area contributed by atoms with Gasteiger partial charge in [0.05, 0.1) is 25.9 Å². The van der Waals surface area contributed by atoms with Crippen molar-refractivity contribution in [3.63, 3.8) is 0 Å². The lowest BCUT2D eigenvalue weighted by molar-refractivity contribution is -0.165. The van der Waals surface area contributed by atoms with Crippen LogP contribution in [0.5, 0.6) is 0 Å². The van der Waals surface area contributed by atoms with Gasteiger partial charge >= 0.3 is 17.9 Å². The molecular weight excluding hydrogens is 909 g/mol. The lowest BCUT2D eigenvalue weighted by atomic mass is 10.0. The predicted octanol–water partition coefficient (Wildman–Crippen LogP) is -3.36. The van der Waals surface area contributed by atoms with Crippen molar-refractivity contribution >= 4 is 71.1 Å². The highest BCUT2D eigenvalue weighted by Crippen LogP contribution is 2.16. The topological polar surface area (TPSA) is 392 Å². The van der Waals surface area contributed by atoms with E-state index < -0.39 is 158 Å². The van der Waals surface area contributed by atoms with Gasteiger partial charge in [-0.05, 0) is 56.6 Å². The lowest BCUT2D eigenvalue weighted by Gasteiger charge is -2.28. The number of amides is 9. The van der Waals surface area contributed by atoms with Crippen LogP contribution in [0.1, 0.15) is 85.1 Å². The summed E-state index contributed by atoms with van der Waals surface area (Å²) in [4.78, 5) is 158. The smallest absolute Gasteiger partial charge is 0.322 e. The maximum Gasteiger partial charge on any atom is 0.322 e. The fourth-order valence-electron chi connectivity index (χ4n) is 6.63. The Morgan fingerprint density at radius 1 is 0.841 bits per heavy atom. The molecule has 0 saturated carbocycles. The quantitative estimate of drug-likeness (QED) is 0.0290. The minimum absolute atomic E-state index is 0.000274. The summed E-state index contributed by atoms with van der Waals surface area (Å²) in [5.74, 6) is -15.0. The van der Waals surface area contributed by atoms with Gasteiger partial charge in [0, 0.05) is 13.0 Å². The molecule has 7 atom stereocenters. The maximum absolute atomic E-state index is 14.2. The number of ether oxygens (including phenoxy) is 2. The SMILES string of the molecule is CC(C)C[C@H](NC(=O)C1CNC(=O)[C@@H](C(=O)OCc2ccccc2)[C@@H](C)OC(=O)CC(NC(=O)[C@@H](NC(=O)CCC(=O)O)C(C)C)C(=O)NC(CCCCN)C(=O)N1)C(=O)NCC(=O)NCC(N)=O. The number of unbranched alkanes of at least 4 members (excludes halogenated alkanes) is 1. The number of carboxylic acid groups (broad SMARTS) is 1. The number of nitrogens with one attached hydrogen (secondary N) is 8. The van der Waals surface area contributed by atoms with Gasteiger partial charge in [0.1, 0.15) is 42.9 Å². The molecule has 25 heteroatoms. The summed E-state index contributed by atoms with van der Waals surface area (Å²) in [6.07, 6.45) is -3.13. The van der Waals surface area contributed by atoms with Crippen LogP contribution in [0.2, 0.25) is 0 Å². The van der Waals surface area contributed by atoms with Crippen molar-refractivity contribution in [2.75, 3.05) is 26.2 Å². The summed E-state index contributed by atoms with van der Waals surface area (Å²) in [5.41, 5.74) is 11.3. The average molecular weight is 975 g/mol. The zero-order chi connectivity index (χ0) is 51.8. The van der Waals surface area contributed by atoms with Crippen LogP contribution >= 0.6 is 0 Å². The maximum atomic E-state index is 14.2. The number of benzene rings is 1. The average Bonchev–Trinajstić information content (AvgIpc) is 3.28. The monoisotopic (exact) mass is 974 g/mol. The van der Waals surface area contributed by atoms with E-state index in [0.717, 1.165) is 0 Å². The molecular formula is C44H66N10O15. The number of cyclic esters (lactones) is 1. The van der Waals surface area contributed by atoms with Crippen LogP contribution in [-0.4, -0.2) is 139 Å². The Balaban J connectivity index is 2.65. The Hall–Kier alpha value is -7.18. The first kappa shape index (κ1) is 57.9. The van der Waals surface area contributed by atoms with Gasteiger partial charge in [-0.2, -0.15) is 0 Å². The van der Waals surface area contributed by atoms with Crippen LogP contribution in [0.15, 0.2) is 30.3 Å². The molecule has 9 amide bonds. The minimum atomic E-state index is -1.93. The van der Waals surface area contributed by atoms with Crippen molar-refractivity contribution in [2.24, 2.45) is 29.2 Å². The van der Waals surface area contributed by atoms with Gasteiger partial charge in [-0.3, -0.25) is 57.5 Å². The van der Waals surface area contributed by atoms with E-state index in [1.807, 2.05) is 0 Å². The molecule has 1 fully saturated rings. The molecule has 1 saturated heterocycles. The number of carbonyl (C=O) groups excluding carboxylic acids is 11. The van der Waals surface area contributed by atoms with Gasteiger partial charge < -0.3 is 68.6 Å². The van der Waals surface area contributed by atoms with Crippen molar-refractivity contribution in [1.29, 1.82) is 0 Å². The normalized spacial score (nSPS) is 19.9. The fraction of sp³-hybridized carbons (Fsp3) is 0.591. The number of primary amides is 1. The number of nitrogens with two attached hydrogens (primary N) is 2. The van der Waals surface area contributed by atoms with E-state index in [1.54, 1.807) is 58.0 Å². The molecule has 1 aliphatic heterocycles. The molecule has 69 heavy (non-hydrogen) atoms. The van der Waals surface area contributed by atoms with E-state index in [9.17, 15) is 57.5 Å². The molecule has 2 rings (SSSR count). The van der Waals surface area contributed by atoms with E-state index in [2.05, 4.69) is 42.5 Å². The highest BCUT2D eigenvalue weighted by molar-refractivity contribution is 6.01. The molecule has 0 aliphatic carbocycles. The number of esters is 2. The Bertz CT molecular complexity index is 2000. The molecule has 1 heterocycles. The van der Waals surface area contributed by atoms with Crippen molar-refractivity contribution in [3.05, 3.63) is 35.9 Å². The zero-order valence-electron chi connectivity index (χ0n) is 39.4. The molecule has 382 valence electrons. The summed E-state index contributed by atoms with van der Waals surface area (Å²) >= 11 is 0. The van der Waals surface area contributed by atoms with Crippen molar-refractivity contribution in [3.8, 4) is 0 Å². The van der Waals surface area contributed by atoms with E-state index in [0.29, 0.717) is 12.0 Å². The molecule has 3 unspecified atom stereocenters. The van der Waals surface area contributed by atoms with E-state index in [4.69, 9.17) is 26.0 Å². The van der Waals surface area contributed by atoms with Gasteiger partial charge in [0.25, 0.3) is 0 Å². The van der Waals surface area contributed by atoms with Gasteiger partial charge in [-0.25, -0.2) is 0 Å². The summed E-state index contributed by atoms with van der Waals surface area (Å²) in [5, 5.41) is 28.3. The Morgan fingerprint density at radius 2 is 1.52 bits per heavy atom. The summed E-state index contributed by atoms with van der Waals surface area (Å²) in [6.45, 7) is 5.74. The predicted molar refractivity (Wildman–Crippen MR) is 242 cm³/mol. The Kier molecular flexibility index (Phi) is 24.8. The van der Waals surface area contributed by atoms with Gasteiger partial charge in [-0.1, -0.05) is 58.0 Å². The van der Waals surface area contributed by atoms with Crippen LogP contribution in [0, 0.1) is 17.8 Å². The largest absolute Gasteiger partial charge is 0.481 e. The molecule has 1 aromatic rings. The van der Waals surface area contributed by atoms with E-state index in [1.165, 1.54) is 6.92 Å². The second kappa shape index (κ2) is 29.6. The first-order valence-electron chi connectivity index (χ1n) is 22.5. The van der Waals surface area contributed by atoms with E-state index >= 15 is 0 Å². The minimum Gasteiger partial charge on any atom is -0.481 e. The standard InChI is InChI=1S/C44H66N10O15/c1-23(2)17-28(38(61)49-21-33(57)47-20-31(46)55)51-41(64)30-19-48-42(65)36(44(67)68-22-26-11-7-6-8-12-26)25(5)69-35(60)18-29(40(63)50-27(39(62)53-30)13-9-10-16-45)52-43(66)37(24(3)4)54-32(56)14-15-34(58)59/h6-8,11-12,23-25,27-30,36-37H,9-10,13-22,45H2,1-5H3,(H2,46,55)(H,47,57)(H,48,65)(H,49,61)(H,50,63)(H,51,64)(H,52,66)(H,53,62)(H,54,56)(H,58,59)/t25-,27?,28+,29?,30?,36+,37+/m1/s1. The molecule has 0 spiro atoms. The number of carbonyl (C=O) groups is 12. The summed E-state index contributed by atoms with van der Waals surface area (Å²) in [6, 6.07) is 0.560. The van der Waals surface area contributed by atoms with Crippen LogP contribution in [0.4, 0.5) is 0 Å². The molecule has 0 aromatic heterocycles. The Morgan fingerprint density at radius 3 is 2.13 bits per heavy atom. The molecule has 13 N–H and O–H groups in total. The van der Waals surface area contributed by atoms with Crippen LogP contribution in [0.25, 0.3) is 0 Å². The number of aliphatic carboxylic acids is 1. The van der Waals surface area contributed by atoms with Crippen LogP contribution in [-0.2, 0) is 73.6 Å². The molecule has 0 bridgehead atoms. The van der Waals surface area contributed by atoms with Gasteiger partial charge in [-0.15, -0.1) is 0 Å². The van der Waals surface area contributed by atoms with E-state index in [-0.39, 0.29) is 38.3 Å². The third kappa shape index (κ3) is 21.5. The number of carboxylic acids is 1. The fourth-order valence-corrected chi connectivity index (χ4v) is 6.63. The summed E-state index contributed by atoms with van der Waals surface area (Å²) < 4.78 is 11.0. The van der Waals surface area contributed by atoms with Crippen molar-refractivity contribution < 1.29 is 72.1 Å². The molecule has 1 aromatic carbocycles. The number of hydrogen-bond donors (Lipinski definition) is 11. The van der Waals surface area contributed by atoms with Crippen LogP contribution < -0.4 is 54.0 Å². The Labute approximate surface area is 398 Å². The van der Waals surface area contributed by atoms with Crippen molar-refractivity contribution in [2.45, 2.75) is 122 Å². The summed E-state index contributed by atoms with van der Waals surface area (Å²) in [7, 11) is 0. The number of rotatable bonds is 23. The number of hydrogen-bond acceptors (Lipinski definition) is 15. The highest BCUT2D eigenvalue weighted by atomic mass is 16.6.